The zero-order valence-corrected chi connectivity index (χ0v) is 7.84. The summed E-state index contributed by atoms with van der Waals surface area (Å²) >= 11 is 0. The normalized spacial score (nSPS) is 30.1. The quantitative estimate of drug-likeness (QED) is 0.612. The van der Waals surface area contributed by atoms with E-state index in [2.05, 4.69) is 5.32 Å². The molecule has 0 saturated carbocycles. The molecule has 1 unspecified atom stereocenters. The van der Waals surface area contributed by atoms with Gasteiger partial charge < -0.3 is 14.8 Å². The minimum absolute atomic E-state index is 0.0475. The number of carbonyl (C=O) groups is 1. The highest BCUT2D eigenvalue weighted by atomic mass is 16.5. The Morgan fingerprint density at radius 3 is 3.00 bits per heavy atom. The third-order valence-electron chi connectivity index (χ3n) is 2.85. The molecule has 2 aliphatic rings. The molecule has 4 heteroatoms. The average molecular weight is 185 g/mol. The molecule has 0 aromatic heterocycles. The maximum absolute atomic E-state index is 11.5. The average Bonchev–Trinajstić information content (AvgIpc) is 2.46. The van der Waals surface area contributed by atoms with E-state index in [1.807, 2.05) is 6.92 Å². The summed E-state index contributed by atoms with van der Waals surface area (Å²) in [7, 11) is 0. The first-order valence-electron chi connectivity index (χ1n) is 4.80. The molecule has 0 bridgehead atoms. The van der Waals surface area contributed by atoms with Crippen LogP contribution in [0.4, 0.5) is 0 Å². The van der Waals surface area contributed by atoms with Crippen LogP contribution in [-0.4, -0.2) is 37.9 Å². The van der Waals surface area contributed by atoms with Crippen LogP contribution >= 0.6 is 0 Å². The lowest BCUT2D eigenvalue weighted by Gasteiger charge is -2.41. The van der Waals surface area contributed by atoms with Gasteiger partial charge in [-0.25, -0.2) is 0 Å². The fourth-order valence-electron chi connectivity index (χ4n) is 2.04. The second-order valence-electron chi connectivity index (χ2n) is 3.61. The third kappa shape index (κ3) is 1.34. The molecular weight excluding hydrogens is 170 g/mol. The van der Waals surface area contributed by atoms with Crippen LogP contribution in [0.5, 0.6) is 0 Å². The molecule has 1 spiro atoms. The van der Waals surface area contributed by atoms with E-state index in [1.165, 1.54) is 0 Å². The predicted octanol–water partition coefficient (Wildman–Crippen LogP) is -0.0720. The minimum Gasteiger partial charge on any atom is -0.466 e. The molecule has 2 fully saturated rings. The van der Waals surface area contributed by atoms with Crippen molar-refractivity contribution < 1.29 is 14.3 Å². The molecule has 0 aromatic rings. The Kier molecular flexibility index (Phi) is 2.26. The van der Waals surface area contributed by atoms with Gasteiger partial charge in [0.25, 0.3) is 0 Å². The maximum Gasteiger partial charge on any atom is 0.312 e. The second-order valence-corrected chi connectivity index (χ2v) is 3.61. The minimum atomic E-state index is -0.230. The largest absolute Gasteiger partial charge is 0.466 e. The number of ether oxygens (including phenoxy) is 2. The summed E-state index contributed by atoms with van der Waals surface area (Å²) < 4.78 is 10.6. The van der Waals surface area contributed by atoms with Crippen molar-refractivity contribution in [3.05, 3.63) is 0 Å². The summed E-state index contributed by atoms with van der Waals surface area (Å²) in [6.07, 6.45) is 0.806. The number of esters is 1. The topological polar surface area (TPSA) is 47.6 Å². The molecule has 0 amide bonds. The molecule has 2 heterocycles. The number of hydrogen-bond acceptors (Lipinski definition) is 4. The first-order chi connectivity index (χ1) is 6.28. The Morgan fingerprint density at radius 2 is 2.46 bits per heavy atom. The first-order valence-corrected chi connectivity index (χ1v) is 4.80. The van der Waals surface area contributed by atoms with E-state index in [-0.39, 0.29) is 17.5 Å². The van der Waals surface area contributed by atoms with Crippen LogP contribution in [0.25, 0.3) is 0 Å². The standard InChI is InChI=1S/C9H15NO3/c1-2-12-8(11)7-3-4-13-9(7)5-10-6-9/h7,10H,2-6H2,1H3. The number of rotatable bonds is 2. The zero-order valence-electron chi connectivity index (χ0n) is 7.84. The van der Waals surface area contributed by atoms with Gasteiger partial charge in [-0.05, 0) is 13.3 Å². The van der Waals surface area contributed by atoms with Crippen molar-refractivity contribution in [3.63, 3.8) is 0 Å². The monoisotopic (exact) mass is 185 g/mol. The lowest BCUT2D eigenvalue weighted by atomic mass is 9.82. The predicted molar refractivity (Wildman–Crippen MR) is 46.3 cm³/mol. The van der Waals surface area contributed by atoms with Crippen LogP contribution in [0, 0.1) is 5.92 Å². The number of hydrogen-bond donors (Lipinski definition) is 1. The molecule has 1 atom stereocenters. The van der Waals surface area contributed by atoms with Gasteiger partial charge in [-0.1, -0.05) is 0 Å². The molecule has 0 radical (unpaired) electrons. The summed E-state index contributed by atoms with van der Waals surface area (Å²) in [5.74, 6) is -0.143. The van der Waals surface area contributed by atoms with Crippen LogP contribution < -0.4 is 5.32 Å². The van der Waals surface area contributed by atoms with Crippen molar-refractivity contribution in [1.82, 2.24) is 5.32 Å². The lowest BCUT2D eigenvalue weighted by molar-refractivity contribution is -0.157. The summed E-state index contributed by atoms with van der Waals surface area (Å²) in [6.45, 7) is 4.55. The Balaban J connectivity index is 2.01. The van der Waals surface area contributed by atoms with E-state index >= 15 is 0 Å². The lowest BCUT2D eigenvalue weighted by Crippen LogP contribution is -2.64. The van der Waals surface area contributed by atoms with Gasteiger partial charge in [-0.15, -0.1) is 0 Å². The van der Waals surface area contributed by atoms with Crippen molar-refractivity contribution in [2.24, 2.45) is 5.92 Å². The molecule has 1 N–H and O–H groups in total. The molecule has 2 aliphatic heterocycles. The second kappa shape index (κ2) is 3.27. The van der Waals surface area contributed by atoms with E-state index in [4.69, 9.17) is 9.47 Å². The van der Waals surface area contributed by atoms with Crippen LogP contribution in [-0.2, 0) is 14.3 Å². The molecular formula is C9H15NO3. The molecule has 0 aromatic carbocycles. The molecule has 13 heavy (non-hydrogen) atoms. The molecule has 4 nitrogen and oxygen atoms in total. The van der Waals surface area contributed by atoms with Crippen molar-refractivity contribution in [2.45, 2.75) is 18.9 Å². The van der Waals surface area contributed by atoms with E-state index in [9.17, 15) is 4.79 Å². The van der Waals surface area contributed by atoms with Gasteiger partial charge >= 0.3 is 5.97 Å². The van der Waals surface area contributed by atoms with Crippen LogP contribution in [0.2, 0.25) is 0 Å². The van der Waals surface area contributed by atoms with Gasteiger partial charge in [0, 0.05) is 19.7 Å². The number of carbonyl (C=O) groups excluding carboxylic acids is 1. The fraction of sp³-hybridized carbons (Fsp3) is 0.889. The highest BCUT2D eigenvalue weighted by Gasteiger charge is 2.52. The van der Waals surface area contributed by atoms with Crippen molar-refractivity contribution >= 4 is 5.97 Å². The summed E-state index contributed by atoms with van der Waals surface area (Å²) in [4.78, 5) is 11.5. The van der Waals surface area contributed by atoms with E-state index in [0.717, 1.165) is 19.5 Å². The third-order valence-corrected chi connectivity index (χ3v) is 2.85. The van der Waals surface area contributed by atoms with Crippen LogP contribution in [0.15, 0.2) is 0 Å². The van der Waals surface area contributed by atoms with Gasteiger partial charge in [0.2, 0.25) is 0 Å². The highest BCUT2D eigenvalue weighted by molar-refractivity contribution is 5.74. The zero-order chi connectivity index (χ0) is 9.31. The van der Waals surface area contributed by atoms with Gasteiger partial charge in [0.05, 0.1) is 12.5 Å². The van der Waals surface area contributed by atoms with Crippen molar-refractivity contribution in [3.8, 4) is 0 Å². The Hall–Kier alpha value is -0.610. The Labute approximate surface area is 77.6 Å². The SMILES string of the molecule is CCOC(=O)C1CCOC12CNC2. The summed E-state index contributed by atoms with van der Waals surface area (Å²) in [6, 6.07) is 0. The van der Waals surface area contributed by atoms with Gasteiger partial charge in [0.1, 0.15) is 5.60 Å². The van der Waals surface area contributed by atoms with Crippen LogP contribution in [0.1, 0.15) is 13.3 Å². The highest BCUT2D eigenvalue weighted by Crippen LogP contribution is 2.36. The fourth-order valence-corrected chi connectivity index (χ4v) is 2.04. The van der Waals surface area contributed by atoms with E-state index in [1.54, 1.807) is 0 Å². The molecule has 2 saturated heterocycles. The van der Waals surface area contributed by atoms with Gasteiger partial charge in [-0.3, -0.25) is 4.79 Å². The molecule has 2 rings (SSSR count). The summed E-state index contributed by atoms with van der Waals surface area (Å²) in [5, 5.41) is 3.14. The maximum atomic E-state index is 11.5. The number of nitrogens with one attached hydrogen (secondary N) is 1. The van der Waals surface area contributed by atoms with Gasteiger partial charge in [-0.2, -0.15) is 0 Å². The molecule has 0 aliphatic carbocycles. The molecule has 74 valence electrons. The van der Waals surface area contributed by atoms with E-state index in [0.29, 0.717) is 13.2 Å². The first kappa shape index (κ1) is 8.97. The Morgan fingerprint density at radius 1 is 1.69 bits per heavy atom. The van der Waals surface area contributed by atoms with Crippen molar-refractivity contribution in [2.75, 3.05) is 26.3 Å². The summed E-state index contributed by atoms with van der Waals surface area (Å²) in [5.41, 5.74) is -0.230. The van der Waals surface area contributed by atoms with Crippen molar-refractivity contribution in [1.29, 1.82) is 0 Å². The van der Waals surface area contributed by atoms with Crippen LogP contribution in [0.3, 0.4) is 0 Å². The smallest absolute Gasteiger partial charge is 0.312 e. The Bertz CT molecular complexity index is 213. The van der Waals surface area contributed by atoms with Gasteiger partial charge in [0.15, 0.2) is 0 Å². The van der Waals surface area contributed by atoms with E-state index < -0.39 is 0 Å².